The summed E-state index contributed by atoms with van der Waals surface area (Å²) in [5, 5.41) is 16.5. The predicted octanol–water partition coefficient (Wildman–Crippen LogP) is 2.16. The van der Waals surface area contributed by atoms with E-state index in [2.05, 4.69) is 15.2 Å². The zero-order valence-corrected chi connectivity index (χ0v) is 10.9. The van der Waals surface area contributed by atoms with E-state index in [4.69, 9.17) is 0 Å². The molecule has 3 heterocycles. The van der Waals surface area contributed by atoms with E-state index in [0.717, 1.165) is 12.5 Å². The van der Waals surface area contributed by atoms with Crippen LogP contribution in [-0.2, 0) is 12.0 Å². The van der Waals surface area contributed by atoms with E-state index in [-0.39, 0.29) is 6.04 Å². The SMILES string of the molecule is C[C@H]1Cc2cn[nH]c2-c2cnc([C@@](C)(O)C(F)(F)F)n21. The highest BCUT2D eigenvalue weighted by Crippen LogP contribution is 2.42. The number of halogens is 3. The van der Waals surface area contributed by atoms with Crippen LogP contribution in [0.15, 0.2) is 12.4 Å². The van der Waals surface area contributed by atoms with Crippen LogP contribution >= 0.6 is 0 Å². The molecule has 2 aromatic heterocycles. The Balaban J connectivity index is 2.20. The van der Waals surface area contributed by atoms with Gasteiger partial charge >= 0.3 is 6.18 Å². The van der Waals surface area contributed by atoms with Crippen LogP contribution in [0, 0.1) is 0 Å². The van der Waals surface area contributed by atoms with E-state index in [1.165, 1.54) is 10.8 Å². The first kappa shape index (κ1) is 13.2. The number of hydrogen-bond donors (Lipinski definition) is 2. The van der Waals surface area contributed by atoms with Crippen LogP contribution in [-0.4, -0.2) is 31.0 Å². The quantitative estimate of drug-likeness (QED) is 0.844. The molecule has 2 N–H and O–H groups in total. The molecule has 20 heavy (non-hydrogen) atoms. The average Bonchev–Trinajstić information content (AvgIpc) is 2.91. The topological polar surface area (TPSA) is 66.7 Å². The van der Waals surface area contributed by atoms with Crippen LogP contribution < -0.4 is 0 Å². The standard InChI is InChI=1S/C12H13F3N4O/c1-6-3-7-4-17-18-9(7)8-5-16-10(19(6)8)11(2,20)12(13,14)15/h4-6,20H,3H2,1-2H3,(H,17,18)/t6-,11+/m0/s1. The van der Waals surface area contributed by atoms with Crippen molar-refractivity contribution in [1.82, 2.24) is 19.7 Å². The van der Waals surface area contributed by atoms with E-state index in [0.29, 0.717) is 17.8 Å². The molecule has 0 saturated carbocycles. The minimum atomic E-state index is -4.79. The second-order valence-electron chi connectivity index (χ2n) is 5.23. The van der Waals surface area contributed by atoms with Gasteiger partial charge in [0.15, 0.2) is 5.82 Å². The first-order valence-corrected chi connectivity index (χ1v) is 6.13. The van der Waals surface area contributed by atoms with Crippen molar-refractivity contribution in [3.63, 3.8) is 0 Å². The summed E-state index contributed by atoms with van der Waals surface area (Å²) >= 11 is 0. The molecular weight excluding hydrogens is 273 g/mol. The van der Waals surface area contributed by atoms with Gasteiger partial charge in [0, 0.05) is 11.6 Å². The molecule has 1 aliphatic heterocycles. The lowest BCUT2D eigenvalue weighted by molar-refractivity contribution is -0.262. The molecule has 5 nitrogen and oxygen atoms in total. The average molecular weight is 286 g/mol. The molecule has 0 saturated heterocycles. The Bertz CT molecular complexity index is 656. The number of alkyl halides is 3. The van der Waals surface area contributed by atoms with Gasteiger partial charge in [0.25, 0.3) is 0 Å². The summed E-state index contributed by atoms with van der Waals surface area (Å²) in [6.07, 6.45) is -1.26. The lowest BCUT2D eigenvalue weighted by Crippen LogP contribution is -2.42. The maximum atomic E-state index is 13.0. The summed E-state index contributed by atoms with van der Waals surface area (Å²) in [5.41, 5.74) is -0.893. The number of rotatable bonds is 1. The van der Waals surface area contributed by atoms with Gasteiger partial charge in [-0.2, -0.15) is 18.3 Å². The van der Waals surface area contributed by atoms with Gasteiger partial charge in [0.1, 0.15) is 0 Å². The van der Waals surface area contributed by atoms with Crippen LogP contribution in [0.3, 0.4) is 0 Å². The summed E-state index contributed by atoms with van der Waals surface area (Å²) < 4.78 is 40.4. The first-order chi connectivity index (χ1) is 9.23. The number of H-pyrrole nitrogens is 1. The van der Waals surface area contributed by atoms with Crippen molar-refractivity contribution in [1.29, 1.82) is 0 Å². The van der Waals surface area contributed by atoms with Gasteiger partial charge in [-0.1, -0.05) is 0 Å². The Labute approximate surface area is 112 Å². The van der Waals surface area contributed by atoms with E-state index in [9.17, 15) is 18.3 Å². The summed E-state index contributed by atoms with van der Waals surface area (Å²) in [6, 6.07) is -0.235. The molecule has 0 aromatic carbocycles. The highest BCUT2D eigenvalue weighted by molar-refractivity contribution is 5.61. The molecule has 2 atom stereocenters. The maximum absolute atomic E-state index is 13.0. The molecule has 2 aromatic rings. The molecule has 0 spiro atoms. The molecule has 0 unspecified atom stereocenters. The van der Waals surface area contributed by atoms with E-state index < -0.39 is 17.6 Å². The molecule has 3 rings (SSSR count). The van der Waals surface area contributed by atoms with Gasteiger partial charge in [-0.15, -0.1) is 0 Å². The molecule has 0 fully saturated rings. The number of nitrogens with one attached hydrogen (secondary N) is 1. The Morgan fingerprint density at radius 1 is 1.40 bits per heavy atom. The molecule has 0 aliphatic carbocycles. The van der Waals surface area contributed by atoms with Crippen molar-refractivity contribution in [3.05, 3.63) is 23.8 Å². The van der Waals surface area contributed by atoms with Crippen molar-refractivity contribution in [3.8, 4) is 11.4 Å². The summed E-state index contributed by atoms with van der Waals surface area (Å²) in [5.74, 6) is -0.396. The monoisotopic (exact) mass is 286 g/mol. The van der Waals surface area contributed by atoms with Gasteiger partial charge in [-0.25, -0.2) is 4.98 Å². The van der Waals surface area contributed by atoms with Crippen LogP contribution in [0.2, 0.25) is 0 Å². The summed E-state index contributed by atoms with van der Waals surface area (Å²) in [6.45, 7) is 2.51. The Hall–Kier alpha value is -1.83. The normalized spacial score (nSPS) is 21.2. The van der Waals surface area contributed by atoms with E-state index in [1.54, 1.807) is 13.1 Å². The fourth-order valence-corrected chi connectivity index (χ4v) is 2.58. The first-order valence-electron chi connectivity index (χ1n) is 6.13. The van der Waals surface area contributed by atoms with Crippen LogP contribution in [0.5, 0.6) is 0 Å². The maximum Gasteiger partial charge on any atom is 0.424 e. The molecule has 0 amide bonds. The summed E-state index contributed by atoms with van der Waals surface area (Å²) in [7, 11) is 0. The zero-order chi connectivity index (χ0) is 14.7. The third kappa shape index (κ3) is 1.60. The molecule has 108 valence electrons. The van der Waals surface area contributed by atoms with Crippen LogP contribution in [0.1, 0.15) is 31.3 Å². The van der Waals surface area contributed by atoms with Crippen molar-refractivity contribution < 1.29 is 18.3 Å². The fourth-order valence-electron chi connectivity index (χ4n) is 2.58. The minimum Gasteiger partial charge on any atom is -0.374 e. The number of hydrogen-bond acceptors (Lipinski definition) is 3. The van der Waals surface area contributed by atoms with Gasteiger partial charge in [-0.05, 0) is 20.3 Å². The summed E-state index contributed by atoms with van der Waals surface area (Å²) in [4.78, 5) is 3.81. The second kappa shape index (κ2) is 3.85. The third-order valence-corrected chi connectivity index (χ3v) is 3.71. The zero-order valence-electron chi connectivity index (χ0n) is 10.9. The minimum absolute atomic E-state index is 0.235. The largest absolute Gasteiger partial charge is 0.424 e. The van der Waals surface area contributed by atoms with Crippen LogP contribution in [0.25, 0.3) is 11.4 Å². The van der Waals surface area contributed by atoms with E-state index in [1.807, 2.05) is 0 Å². The predicted molar refractivity (Wildman–Crippen MR) is 63.8 cm³/mol. The number of fused-ring (bicyclic) bond motifs is 3. The van der Waals surface area contributed by atoms with Gasteiger partial charge < -0.3 is 9.67 Å². The molecule has 0 radical (unpaired) electrons. The van der Waals surface area contributed by atoms with Crippen molar-refractivity contribution in [2.75, 3.05) is 0 Å². The van der Waals surface area contributed by atoms with Gasteiger partial charge in [0.05, 0.1) is 23.8 Å². The molecule has 0 bridgehead atoms. The third-order valence-electron chi connectivity index (χ3n) is 3.71. The number of aromatic amines is 1. The molecule has 8 heteroatoms. The highest BCUT2D eigenvalue weighted by Gasteiger charge is 2.54. The van der Waals surface area contributed by atoms with E-state index >= 15 is 0 Å². The molecule has 1 aliphatic rings. The van der Waals surface area contributed by atoms with Gasteiger partial charge in [0.2, 0.25) is 5.60 Å². The smallest absolute Gasteiger partial charge is 0.374 e. The van der Waals surface area contributed by atoms with Crippen molar-refractivity contribution >= 4 is 0 Å². The van der Waals surface area contributed by atoms with Crippen LogP contribution in [0.4, 0.5) is 13.2 Å². The fraction of sp³-hybridized carbons (Fsp3) is 0.500. The number of nitrogens with zero attached hydrogens (tertiary/aromatic N) is 3. The number of aliphatic hydroxyl groups is 1. The van der Waals surface area contributed by atoms with Gasteiger partial charge in [-0.3, -0.25) is 5.10 Å². The highest BCUT2D eigenvalue weighted by atomic mass is 19.4. The Morgan fingerprint density at radius 2 is 2.10 bits per heavy atom. The van der Waals surface area contributed by atoms with Crippen molar-refractivity contribution in [2.45, 2.75) is 38.1 Å². The Morgan fingerprint density at radius 3 is 2.75 bits per heavy atom. The lowest BCUT2D eigenvalue weighted by atomic mass is 9.99. The molecular formula is C12H13F3N4O. The number of imidazole rings is 1. The number of aromatic nitrogens is 4. The second-order valence-corrected chi connectivity index (χ2v) is 5.23. The lowest BCUT2D eigenvalue weighted by Gasteiger charge is -2.30. The van der Waals surface area contributed by atoms with Crippen molar-refractivity contribution in [2.24, 2.45) is 0 Å². The Kier molecular flexibility index (Phi) is 2.53.